The molecule has 0 saturated carbocycles. The minimum absolute atomic E-state index is 0.0159. The number of aliphatic hydroxyl groups excluding tert-OH is 1. The van der Waals surface area contributed by atoms with Crippen LogP contribution in [-0.2, 0) is 14.3 Å². The largest absolute Gasteiger partial charge is 0.497 e. The molecule has 3 aliphatic heterocycles. The number of nitrogens with zero attached hydrogens (tertiary/aromatic N) is 2. The first kappa shape index (κ1) is 23.4. The lowest BCUT2D eigenvalue weighted by atomic mass is 9.73. The van der Waals surface area contributed by atoms with Crippen LogP contribution in [0.15, 0.2) is 48.5 Å². The van der Waals surface area contributed by atoms with Gasteiger partial charge in [0.2, 0.25) is 11.8 Å². The normalized spacial score (nSPS) is 24.2. The van der Waals surface area contributed by atoms with Gasteiger partial charge in [-0.25, -0.2) is 0 Å². The third kappa shape index (κ3) is 4.64. The highest BCUT2D eigenvalue weighted by molar-refractivity contribution is 5.88. The van der Waals surface area contributed by atoms with Crippen LogP contribution in [0.25, 0.3) is 0 Å². The van der Waals surface area contributed by atoms with E-state index >= 15 is 0 Å². The summed E-state index contributed by atoms with van der Waals surface area (Å²) in [6.45, 7) is 1.69. The highest BCUT2D eigenvalue weighted by atomic mass is 16.5. The van der Waals surface area contributed by atoms with E-state index in [1.54, 1.807) is 16.9 Å². The Balaban J connectivity index is 1.30. The van der Waals surface area contributed by atoms with E-state index in [-0.39, 0.29) is 48.9 Å². The number of amides is 2. The van der Waals surface area contributed by atoms with Crippen molar-refractivity contribution in [2.75, 3.05) is 40.0 Å². The summed E-state index contributed by atoms with van der Waals surface area (Å²) in [5, 5.41) is 10.0. The number of piperazine rings is 1. The average Bonchev–Trinajstić information content (AvgIpc) is 2.89. The van der Waals surface area contributed by atoms with Crippen molar-refractivity contribution in [2.45, 2.75) is 30.8 Å². The topological polar surface area (TPSA) is 79.3 Å². The monoisotopic (exact) mass is 474 g/mol. The molecule has 0 aliphatic carbocycles. The van der Waals surface area contributed by atoms with Crippen LogP contribution in [0, 0.1) is 17.8 Å². The van der Waals surface area contributed by atoms with Gasteiger partial charge in [-0.15, -0.1) is 0 Å². The molecule has 3 fully saturated rings. The summed E-state index contributed by atoms with van der Waals surface area (Å²) in [4.78, 5) is 29.4. The molecule has 7 nitrogen and oxygen atoms in total. The van der Waals surface area contributed by atoms with Gasteiger partial charge in [0.05, 0.1) is 32.3 Å². The van der Waals surface area contributed by atoms with Crippen molar-refractivity contribution < 1.29 is 24.2 Å². The number of hydrogen-bond donors (Lipinski definition) is 1. The van der Waals surface area contributed by atoms with Crippen LogP contribution in [0.3, 0.4) is 0 Å². The standard InChI is InChI=1S/C28H30N2O5/c1-34-23-10-6-20(7-11-23)3-2-19-4-8-21(9-5-19)27-24-16-29(17-26(32)30(24)25(27)18-31)28(33)22-12-14-35-15-13-22/h4-11,22,24-25,27,31H,12-18H2,1H3/t24-,25+,27-/m0/s1. The molecule has 0 spiro atoms. The molecule has 7 heteroatoms. The number of aliphatic hydroxyl groups is 1. The van der Waals surface area contributed by atoms with Gasteiger partial charge in [0.15, 0.2) is 0 Å². The molecule has 0 bridgehead atoms. The maximum absolute atomic E-state index is 13.1. The molecule has 5 rings (SSSR count). The van der Waals surface area contributed by atoms with Crippen LogP contribution in [0.5, 0.6) is 5.75 Å². The van der Waals surface area contributed by atoms with Crippen LogP contribution in [0.4, 0.5) is 0 Å². The summed E-state index contributed by atoms with van der Waals surface area (Å²) < 4.78 is 10.6. The number of methoxy groups -OCH3 is 1. The van der Waals surface area contributed by atoms with E-state index in [0.717, 1.165) is 22.4 Å². The summed E-state index contributed by atoms with van der Waals surface area (Å²) in [6.07, 6.45) is 1.42. The molecule has 2 aromatic rings. The molecule has 0 unspecified atom stereocenters. The summed E-state index contributed by atoms with van der Waals surface area (Å²) >= 11 is 0. The van der Waals surface area contributed by atoms with E-state index in [0.29, 0.717) is 32.6 Å². The fraction of sp³-hybridized carbons (Fsp3) is 0.429. The van der Waals surface area contributed by atoms with Gasteiger partial charge in [0, 0.05) is 42.7 Å². The molecule has 0 radical (unpaired) electrons. The number of ether oxygens (including phenoxy) is 2. The Kier molecular flexibility index (Phi) is 6.76. The smallest absolute Gasteiger partial charge is 0.242 e. The van der Waals surface area contributed by atoms with E-state index in [2.05, 4.69) is 11.8 Å². The Morgan fingerprint density at radius 1 is 1.06 bits per heavy atom. The van der Waals surface area contributed by atoms with Gasteiger partial charge >= 0.3 is 0 Å². The number of hydrogen-bond acceptors (Lipinski definition) is 5. The number of benzene rings is 2. The first-order valence-corrected chi connectivity index (χ1v) is 12.1. The Morgan fingerprint density at radius 3 is 2.29 bits per heavy atom. The zero-order valence-corrected chi connectivity index (χ0v) is 19.9. The van der Waals surface area contributed by atoms with Crippen molar-refractivity contribution in [1.29, 1.82) is 0 Å². The van der Waals surface area contributed by atoms with Crippen molar-refractivity contribution in [2.24, 2.45) is 5.92 Å². The van der Waals surface area contributed by atoms with Crippen molar-refractivity contribution in [3.63, 3.8) is 0 Å². The van der Waals surface area contributed by atoms with Crippen LogP contribution in [-0.4, -0.2) is 78.8 Å². The minimum Gasteiger partial charge on any atom is -0.497 e. The van der Waals surface area contributed by atoms with Gasteiger partial charge in [-0.2, -0.15) is 0 Å². The Hall–Kier alpha value is -3.34. The lowest BCUT2D eigenvalue weighted by Gasteiger charge is -2.59. The second kappa shape index (κ2) is 10.1. The van der Waals surface area contributed by atoms with Crippen LogP contribution >= 0.6 is 0 Å². The number of fused-ring (bicyclic) bond motifs is 1. The van der Waals surface area contributed by atoms with Crippen molar-refractivity contribution in [1.82, 2.24) is 9.80 Å². The summed E-state index contributed by atoms with van der Waals surface area (Å²) in [6, 6.07) is 15.2. The average molecular weight is 475 g/mol. The number of carbonyl (C=O) groups is 2. The molecule has 2 amide bonds. The van der Waals surface area contributed by atoms with Gasteiger partial charge in [-0.1, -0.05) is 24.0 Å². The van der Waals surface area contributed by atoms with E-state index in [1.807, 2.05) is 48.5 Å². The molecule has 3 atom stereocenters. The van der Waals surface area contributed by atoms with Crippen LogP contribution < -0.4 is 4.74 Å². The fourth-order valence-corrected chi connectivity index (χ4v) is 5.48. The van der Waals surface area contributed by atoms with Gasteiger partial charge in [0.25, 0.3) is 0 Å². The van der Waals surface area contributed by atoms with Crippen molar-refractivity contribution >= 4 is 11.8 Å². The predicted octanol–water partition coefficient (Wildman–Crippen LogP) is 2.02. The number of carbonyl (C=O) groups excluding carboxylic acids is 2. The molecule has 182 valence electrons. The van der Waals surface area contributed by atoms with Crippen LogP contribution in [0.1, 0.15) is 35.4 Å². The molecule has 3 heterocycles. The highest BCUT2D eigenvalue weighted by Crippen LogP contribution is 2.43. The van der Waals surface area contributed by atoms with E-state index in [4.69, 9.17) is 9.47 Å². The molecule has 0 aromatic heterocycles. The molecule has 3 aliphatic rings. The molecule has 1 N–H and O–H groups in total. The van der Waals surface area contributed by atoms with Gasteiger partial charge in [-0.05, 0) is 54.8 Å². The fourth-order valence-electron chi connectivity index (χ4n) is 5.48. The maximum Gasteiger partial charge on any atom is 0.242 e. The van der Waals surface area contributed by atoms with E-state index < -0.39 is 0 Å². The van der Waals surface area contributed by atoms with Gasteiger partial charge < -0.3 is 24.4 Å². The third-order valence-corrected chi connectivity index (χ3v) is 7.37. The molecule has 3 saturated heterocycles. The third-order valence-electron chi connectivity index (χ3n) is 7.37. The second-order valence-electron chi connectivity index (χ2n) is 9.35. The zero-order valence-electron chi connectivity index (χ0n) is 19.9. The minimum atomic E-state index is -0.260. The zero-order chi connectivity index (χ0) is 24.4. The van der Waals surface area contributed by atoms with E-state index in [1.165, 1.54) is 0 Å². The first-order valence-electron chi connectivity index (χ1n) is 12.1. The lowest BCUT2D eigenvalue weighted by Crippen LogP contribution is -2.73. The van der Waals surface area contributed by atoms with Crippen molar-refractivity contribution in [3.05, 3.63) is 65.2 Å². The predicted molar refractivity (Wildman–Crippen MR) is 130 cm³/mol. The van der Waals surface area contributed by atoms with Gasteiger partial charge in [-0.3, -0.25) is 9.59 Å². The first-order chi connectivity index (χ1) is 17.1. The van der Waals surface area contributed by atoms with Gasteiger partial charge in [0.1, 0.15) is 5.75 Å². The summed E-state index contributed by atoms with van der Waals surface area (Å²) in [7, 11) is 1.63. The molecular formula is C28H30N2O5. The van der Waals surface area contributed by atoms with Crippen molar-refractivity contribution in [3.8, 4) is 17.6 Å². The quantitative estimate of drug-likeness (QED) is 0.686. The Morgan fingerprint density at radius 2 is 1.69 bits per heavy atom. The maximum atomic E-state index is 13.1. The number of rotatable bonds is 4. The molecule has 35 heavy (non-hydrogen) atoms. The summed E-state index contributed by atoms with van der Waals surface area (Å²) in [5.74, 6) is 7.01. The van der Waals surface area contributed by atoms with Crippen LogP contribution in [0.2, 0.25) is 0 Å². The molecular weight excluding hydrogens is 444 g/mol. The van der Waals surface area contributed by atoms with E-state index in [9.17, 15) is 14.7 Å². The second-order valence-corrected chi connectivity index (χ2v) is 9.35. The summed E-state index contributed by atoms with van der Waals surface area (Å²) in [5.41, 5.74) is 2.84. The SMILES string of the molecule is COc1ccc(C#Cc2ccc([C@@H]3[C@@H](CO)N4C(=O)CN(C(=O)C5CCOCC5)C[C@@H]34)cc2)cc1. The lowest BCUT2D eigenvalue weighted by molar-refractivity contribution is -0.169. The highest BCUT2D eigenvalue weighted by Gasteiger charge is 2.54. The Bertz CT molecular complexity index is 1130. The Labute approximate surface area is 205 Å². The molecule has 2 aromatic carbocycles.